The molecule has 4 N–H and O–H groups in total. The average Bonchev–Trinajstić information content (AvgIpc) is 2.66. The first-order valence-corrected chi connectivity index (χ1v) is 9.49. The van der Waals surface area contributed by atoms with Gasteiger partial charge in [-0.25, -0.2) is 9.98 Å². The van der Waals surface area contributed by atoms with Crippen LogP contribution in [0.15, 0.2) is 23.3 Å². The minimum absolute atomic E-state index is 0.119. The van der Waals surface area contributed by atoms with Crippen molar-refractivity contribution >= 4 is 11.9 Å². The smallest absolute Gasteiger partial charge is 0.417 e. The summed E-state index contributed by atoms with van der Waals surface area (Å²) in [6.07, 6.45) is -1.94. The van der Waals surface area contributed by atoms with Crippen molar-refractivity contribution < 1.29 is 22.7 Å². The van der Waals surface area contributed by atoms with Crippen molar-refractivity contribution in [1.82, 2.24) is 20.5 Å². The first kappa shape index (κ1) is 22.7. The van der Waals surface area contributed by atoms with Crippen molar-refractivity contribution in [2.45, 2.75) is 32.0 Å². The number of ether oxygens (including phenoxy) is 1. The number of carbonyl (C=O) groups excluding carboxylic acids is 1. The number of piperidine rings is 1. The number of nitrogens with two attached hydrogens (primary N) is 1. The Morgan fingerprint density at radius 3 is 2.66 bits per heavy atom. The van der Waals surface area contributed by atoms with Crippen molar-refractivity contribution in [3.8, 4) is 5.88 Å². The van der Waals surface area contributed by atoms with E-state index in [1.807, 2.05) is 11.8 Å². The zero-order chi connectivity index (χ0) is 21.3. The summed E-state index contributed by atoms with van der Waals surface area (Å²) in [5, 5.41) is 6.50. The Hall–Kier alpha value is -2.56. The minimum atomic E-state index is -4.42. The number of likely N-dealkylation sites (tertiary alicyclic amines) is 1. The predicted octanol–water partition coefficient (Wildman–Crippen LogP) is 0.984. The number of guanidine groups is 1. The van der Waals surface area contributed by atoms with Crippen LogP contribution >= 0.6 is 0 Å². The number of aromatic nitrogens is 1. The number of hydrogen-bond acceptors (Lipinski definition) is 5. The SMILES string of the molecule is CCNC(=NCCOc1ccc(C(F)(F)F)cn1)NC1CCN(CC(N)=O)CC1. The van der Waals surface area contributed by atoms with Crippen LogP contribution in [-0.4, -0.2) is 67.1 Å². The summed E-state index contributed by atoms with van der Waals surface area (Å²) in [7, 11) is 0. The molecule has 29 heavy (non-hydrogen) atoms. The summed E-state index contributed by atoms with van der Waals surface area (Å²) >= 11 is 0. The van der Waals surface area contributed by atoms with Gasteiger partial charge in [0.1, 0.15) is 6.61 Å². The number of rotatable bonds is 8. The largest absolute Gasteiger partial charge is 0.476 e. The van der Waals surface area contributed by atoms with E-state index in [0.717, 1.165) is 38.2 Å². The average molecular weight is 416 g/mol. The van der Waals surface area contributed by atoms with Gasteiger partial charge in [0.25, 0.3) is 0 Å². The third-order valence-corrected chi connectivity index (χ3v) is 4.33. The van der Waals surface area contributed by atoms with Gasteiger partial charge in [-0.1, -0.05) is 0 Å². The molecule has 0 aromatic carbocycles. The van der Waals surface area contributed by atoms with Crippen molar-refractivity contribution in [1.29, 1.82) is 0 Å². The molecule has 11 heteroatoms. The first-order valence-electron chi connectivity index (χ1n) is 9.49. The van der Waals surface area contributed by atoms with Crippen molar-refractivity contribution in [3.05, 3.63) is 23.9 Å². The highest BCUT2D eigenvalue weighted by molar-refractivity contribution is 5.80. The number of halogens is 3. The normalized spacial score (nSPS) is 16.5. The fourth-order valence-corrected chi connectivity index (χ4v) is 2.91. The van der Waals surface area contributed by atoms with Gasteiger partial charge in [-0.05, 0) is 25.8 Å². The molecule has 1 amide bonds. The second kappa shape index (κ2) is 10.8. The van der Waals surface area contributed by atoms with Gasteiger partial charge in [-0.3, -0.25) is 9.69 Å². The fourth-order valence-electron chi connectivity index (χ4n) is 2.91. The van der Waals surface area contributed by atoms with Crippen LogP contribution in [0.5, 0.6) is 5.88 Å². The maximum absolute atomic E-state index is 12.5. The molecule has 1 saturated heterocycles. The van der Waals surface area contributed by atoms with E-state index in [1.54, 1.807) is 0 Å². The lowest BCUT2D eigenvalue weighted by Crippen LogP contribution is -2.49. The Morgan fingerprint density at radius 1 is 1.38 bits per heavy atom. The zero-order valence-electron chi connectivity index (χ0n) is 16.3. The number of amides is 1. The van der Waals surface area contributed by atoms with Crippen molar-refractivity contribution in [2.75, 3.05) is 39.3 Å². The van der Waals surface area contributed by atoms with Crippen LogP contribution in [0.1, 0.15) is 25.3 Å². The highest BCUT2D eigenvalue weighted by atomic mass is 19.4. The Balaban J connectivity index is 1.77. The maximum atomic E-state index is 12.5. The van der Waals surface area contributed by atoms with Crippen LogP contribution < -0.4 is 21.1 Å². The van der Waals surface area contributed by atoms with E-state index in [4.69, 9.17) is 10.5 Å². The van der Waals surface area contributed by atoms with Crippen LogP contribution in [0.2, 0.25) is 0 Å². The van der Waals surface area contributed by atoms with Gasteiger partial charge in [-0.15, -0.1) is 0 Å². The molecule has 162 valence electrons. The topological polar surface area (TPSA) is 105 Å². The fraction of sp³-hybridized carbons (Fsp3) is 0.611. The molecule has 1 aromatic heterocycles. The lowest BCUT2D eigenvalue weighted by atomic mass is 10.1. The number of alkyl halides is 3. The highest BCUT2D eigenvalue weighted by Gasteiger charge is 2.30. The molecule has 1 fully saturated rings. The van der Waals surface area contributed by atoms with Gasteiger partial charge in [0, 0.05) is 37.9 Å². The van der Waals surface area contributed by atoms with Gasteiger partial charge in [0.2, 0.25) is 11.8 Å². The Morgan fingerprint density at radius 2 is 2.10 bits per heavy atom. The van der Waals surface area contributed by atoms with Crippen LogP contribution in [0.25, 0.3) is 0 Å². The molecular formula is C18H27F3N6O2. The monoisotopic (exact) mass is 416 g/mol. The van der Waals surface area contributed by atoms with Gasteiger partial charge >= 0.3 is 6.18 Å². The van der Waals surface area contributed by atoms with E-state index in [-0.39, 0.29) is 31.0 Å². The molecule has 0 bridgehead atoms. The van der Waals surface area contributed by atoms with Gasteiger partial charge in [-0.2, -0.15) is 13.2 Å². The molecule has 8 nitrogen and oxygen atoms in total. The summed E-state index contributed by atoms with van der Waals surface area (Å²) in [4.78, 5) is 21.1. The molecule has 0 saturated carbocycles. The summed E-state index contributed by atoms with van der Waals surface area (Å²) in [6, 6.07) is 2.35. The standard InChI is InChI=1S/C18H27F3N6O2/c1-2-23-17(26-14-5-8-27(9-6-14)12-15(22)28)24-7-10-29-16-4-3-13(11-25-16)18(19,20)21/h3-4,11,14H,2,5-10,12H2,1H3,(H2,22,28)(H2,23,24,26). The number of primary amides is 1. The zero-order valence-corrected chi connectivity index (χ0v) is 16.3. The van der Waals surface area contributed by atoms with Crippen LogP contribution in [0, 0.1) is 0 Å². The van der Waals surface area contributed by atoms with Crippen LogP contribution in [0.3, 0.4) is 0 Å². The highest BCUT2D eigenvalue weighted by Crippen LogP contribution is 2.29. The quantitative estimate of drug-likeness (QED) is 0.332. The molecule has 0 spiro atoms. The van der Waals surface area contributed by atoms with E-state index in [0.29, 0.717) is 19.0 Å². The lowest BCUT2D eigenvalue weighted by molar-refractivity contribution is -0.137. The van der Waals surface area contributed by atoms with Crippen LogP contribution in [0.4, 0.5) is 13.2 Å². The number of nitrogens with one attached hydrogen (secondary N) is 2. The number of aliphatic imine (C=N–C) groups is 1. The van der Waals surface area contributed by atoms with Gasteiger partial charge in [0.15, 0.2) is 5.96 Å². The molecule has 1 aliphatic rings. The van der Waals surface area contributed by atoms with Crippen molar-refractivity contribution in [2.24, 2.45) is 10.7 Å². The lowest BCUT2D eigenvalue weighted by Gasteiger charge is -2.32. The third-order valence-electron chi connectivity index (χ3n) is 4.33. The second-order valence-corrected chi connectivity index (χ2v) is 6.65. The number of carbonyl (C=O) groups is 1. The van der Waals surface area contributed by atoms with Crippen molar-refractivity contribution in [3.63, 3.8) is 0 Å². The summed E-state index contributed by atoms with van der Waals surface area (Å²) < 4.78 is 42.9. The number of hydrogen-bond donors (Lipinski definition) is 3. The molecule has 0 unspecified atom stereocenters. The molecule has 0 radical (unpaired) electrons. The molecule has 1 aliphatic heterocycles. The molecule has 1 aromatic rings. The number of nitrogens with zero attached hydrogens (tertiary/aromatic N) is 3. The summed E-state index contributed by atoms with van der Waals surface area (Å²) in [6.45, 7) is 4.98. The molecule has 0 aliphatic carbocycles. The van der Waals surface area contributed by atoms with E-state index in [9.17, 15) is 18.0 Å². The Kier molecular flexibility index (Phi) is 8.50. The first-order chi connectivity index (χ1) is 13.8. The molecule has 2 heterocycles. The van der Waals surface area contributed by atoms with E-state index < -0.39 is 11.7 Å². The maximum Gasteiger partial charge on any atom is 0.417 e. The molecular weight excluding hydrogens is 389 g/mol. The molecule has 2 rings (SSSR count). The molecule has 0 atom stereocenters. The summed E-state index contributed by atoms with van der Waals surface area (Å²) in [5.41, 5.74) is 4.41. The second-order valence-electron chi connectivity index (χ2n) is 6.65. The minimum Gasteiger partial charge on any atom is -0.476 e. The van der Waals surface area contributed by atoms with Gasteiger partial charge in [0.05, 0.1) is 18.7 Å². The van der Waals surface area contributed by atoms with E-state index >= 15 is 0 Å². The summed E-state index contributed by atoms with van der Waals surface area (Å²) in [5.74, 6) is 0.437. The third kappa shape index (κ3) is 8.14. The predicted molar refractivity (Wildman–Crippen MR) is 103 cm³/mol. The van der Waals surface area contributed by atoms with Gasteiger partial charge < -0.3 is 21.1 Å². The number of pyridine rings is 1. The van der Waals surface area contributed by atoms with E-state index in [1.165, 1.54) is 6.07 Å². The van der Waals surface area contributed by atoms with E-state index in [2.05, 4.69) is 20.6 Å². The Bertz CT molecular complexity index is 673. The Labute approximate surface area is 167 Å². The van der Waals surface area contributed by atoms with Crippen LogP contribution in [-0.2, 0) is 11.0 Å².